The Morgan fingerprint density at radius 1 is 0.810 bits per heavy atom. The van der Waals surface area contributed by atoms with Gasteiger partial charge in [0.05, 0.1) is 0 Å². The van der Waals surface area contributed by atoms with Crippen LogP contribution in [-0.4, -0.2) is 0 Å². The largest absolute Gasteiger partial charge is 2.00 e. The second-order valence-electron chi connectivity index (χ2n) is 4.76. The molecule has 0 radical (unpaired) electrons. The number of hydrogen-bond donors (Lipinski definition) is 0. The van der Waals surface area contributed by atoms with Gasteiger partial charge in [-0.15, -0.1) is 64.0 Å². The summed E-state index contributed by atoms with van der Waals surface area (Å²) in [5.41, 5.74) is 5.19. The first-order chi connectivity index (χ1) is 8.47. The third-order valence-corrected chi connectivity index (χ3v) is 3.32. The average Bonchev–Trinajstić information content (AvgIpc) is 2.84. The van der Waals surface area contributed by atoms with Crippen LogP contribution in [0.15, 0.2) is 59.8 Å². The summed E-state index contributed by atoms with van der Waals surface area (Å²) in [5, 5.41) is 0. The van der Waals surface area contributed by atoms with E-state index in [4.69, 9.17) is 0 Å². The standard InChI is InChI=1S/2C9H11.2ClH.Zr/c2*1-4-9-5-7(2)8(3)6-9;;;/h2*4-5,9H,1H2,2-3H3;2*1H;/q2*-1;;;+2. The van der Waals surface area contributed by atoms with Crippen LogP contribution < -0.4 is 0 Å². The van der Waals surface area contributed by atoms with Gasteiger partial charge in [0.1, 0.15) is 0 Å². The minimum Gasteiger partial charge on any atom is -0.262 e. The Kier molecular flexibility index (Phi) is 15.3. The second-order valence-corrected chi connectivity index (χ2v) is 4.76. The molecule has 3 heteroatoms. The van der Waals surface area contributed by atoms with Gasteiger partial charge in [-0.05, 0) is 0 Å². The SMILES string of the molecule is C=CC1[C-]=C(C)C(C)=C1.C=CC1[C-]=C(C)C(C)=C1.Cl.Cl.[Zr+2]. The second kappa shape index (κ2) is 12.4. The minimum absolute atomic E-state index is 0. The van der Waals surface area contributed by atoms with Crippen molar-refractivity contribution in [3.63, 3.8) is 0 Å². The van der Waals surface area contributed by atoms with E-state index in [9.17, 15) is 0 Å². The Balaban J connectivity index is -0.000000270. The van der Waals surface area contributed by atoms with Crippen molar-refractivity contribution in [3.8, 4) is 0 Å². The van der Waals surface area contributed by atoms with Crippen molar-refractivity contribution < 1.29 is 26.2 Å². The van der Waals surface area contributed by atoms with Gasteiger partial charge in [0, 0.05) is 0 Å². The van der Waals surface area contributed by atoms with E-state index in [-0.39, 0.29) is 51.0 Å². The summed E-state index contributed by atoms with van der Waals surface area (Å²) in [6.45, 7) is 15.7. The third-order valence-electron chi connectivity index (χ3n) is 3.32. The van der Waals surface area contributed by atoms with Crippen LogP contribution in [-0.2, 0) is 26.2 Å². The van der Waals surface area contributed by atoms with Gasteiger partial charge in [0.2, 0.25) is 0 Å². The molecule has 0 N–H and O–H groups in total. The molecular formula is C18H24Cl2Zr. The molecule has 21 heavy (non-hydrogen) atoms. The summed E-state index contributed by atoms with van der Waals surface area (Å²) in [4.78, 5) is 0. The van der Waals surface area contributed by atoms with Crippen molar-refractivity contribution in [2.75, 3.05) is 0 Å². The van der Waals surface area contributed by atoms with Crippen molar-refractivity contribution in [3.05, 3.63) is 71.9 Å². The van der Waals surface area contributed by atoms with E-state index in [1.54, 1.807) is 0 Å². The van der Waals surface area contributed by atoms with Gasteiger partial charge >= 0.3 is 26.2 Å². The summed E-state index contributed by atoms with van der Waals surface area (Å²) >= 11 is 0. The maximum absolute atomic E-state index is 3.69. The van der Waals surface area contributed by atoms with Crippen LogP contribution >= 0.6 is 24.8 Å². The fraction of sp³-hybridized carbons (Fsp3) is 0.333. The molecule has 0 saturated heterocycles. The minimum atomic E-state index is 0. The Bertz CT molecular complexity index is 388. The summed E-state index contributed by atoms with van der Waals surface area (Å²) in [7, 11) is 0. The van der Waals surface area contributed by atoms with Crippen LogP contribution in [0.2, 0.25) is 0 Å². The van der Waals surface area contributed by atoms with Gasteiger partial charge in [0.15, 0.2) is 0 Å². The fourth-order valence-corrected chi connectivity index (χ4v) is 1.85. The zero-order valence-corrected chi connectivity index (χ0v) is 17.3. The molecule has 2 aliphatic rings. The smallest absolute Gasteiger partial charge is 0.262 e. The molecule has 0 spiro atoms. The van der Waals surface area contributed by atoms with Gasteiger partial charge in [-0.2, -0.15) is 12.2 Å². The monoisotopic (exact) mass is 400 g/mol. The summed E-state index contributed by atoms with van der Waals surface area (Å²) in [5.74, 6) is 0.731. The number of halogens is 2. The van der Waals surface area contributed by atoms with Gasteiger partial charge in [-0.25, -0.2) is 22.3 Å². The first-order valence-electron chi connectivity index (χ1n) is 6.30. The zero-order valence-electron chi connectivity index (χ0n) is 13.2. The Hall–Kier alpha value is -0.0969. The maximum atomic E-state index is 3.69. The van der Waals surface area contributed by atoms with Gasteiger partial charge in [-0.3, -0.25) is 12.2 Å². The van der Waals surface area contributed by atoms with Crippen LogP contribution in [0.1, 0.15) is 27.7 Å². The van der Waals surface area contributed by atoms with Crippen molar-refractivity contribution in [2.45, 2.75) is 27.7 Å². The number of allylic oxidation sites excluding steroid dienone is 10. The van der Waals surface area contributed by atoms with Crippen molar-refractivity contribution >= 4 is 24.8 Å². The van der Waals surface area contributed by atoms with Crippen molar-refractivity contribution in [1.82, 2.24) is 0 Å². The van der Waals surface area contributed by atoms with E-state index in [1.165, 1.54) is 22.3 Å². The molecule has 114 valence electrons. The van der Waals surface area contributed by atoms with E-state index >= 15 is 0 Å². The molecule has 0 heterocycles. The van der Waals surface area contributed by atoms with E-state index in [1.807, 2.05) is 12.2 Å². The molecule has 0 fully saturated rings. The predicted octanol–water partition coefficient (Wildman–Crippen LogP) is 5.84. The molecule has 2 unspecified atom stereocenters. The fourth-order valence-electron chi connectivity index (χ4n) is 1.85. The quantitative estimate of drug-likeness (QED) is 0.402. The van der Waals surface area contributed by atoms with E-state index < -0.39 is 0 Å². The van der Waals surface area contributed by atoms with Crippen LogP contribution in [0.5, 0.6) is 0 Å². The normalized spacial score (nSPS) is 21.7. The van der Waals surface area contributed by atoms with Gasteiger partial charge in [-0.1, -0.05) is 25.7 Å². The number of rotatable bonds is 2. The Labute approximate surface area is 161 Å². The van der Waals surface area contributed by atoms with Gasteiger partial charge in [0.25, 0.3) is 0 Å². The molecule has 0 amide bonds. The molecule has 0 aromatic heterocycles. The first-order valence-corrected chi connectivity index (χ1v) is 6.30. The number of hydrogen-bond acceptors (Lipinski definition) is 0. The molecule has 2 atom stereocenters. The molecule has 0 bridgehead atoms. The third kappa shape index (κ3) is 8.19. The van der Waals surface area contributed by atoms with Crippen LogP contribution in [0, 0.1) is 24.0 Å². The van der Waals surface area contributed by atoms with Gasteiger partial charge < -0.3 is 0 Å². The molecule has 2 aliphatic carbocycles. The van der Waals surface area contributed by atoms with Crippen LogP contribution in [0.25, 0.3) is 0 Å². The topological polar surface area (TPSA) is 0 Å². The zero-order chi connectivity index (χ0) is 13.7. The molecule has 0 nitrogen and oxygen atoms in total. The molecule has 0 aromatic carbocycles. The Morgan fingerprint density at radius 2 is 1.10 bits per heavy atom. The maximum Gasteiger partial charge on any atom is 2.00 e. The predicted molar refractivity (Wildman–Crippen MR) is 94.2 cm³/mol. The first kappa shape index (κ1) is 25.8. The summed E-state index contributed by atoms with van der Waals surface area (Å²) in [6, 6.07) is 0. The van der Waals surface area contributed by atoms with Crippen molar-refractivity contribution in [1.29, 1.82) is 0 Å². The molecule has 0 aromatic rings. The molecular weight excluding hydrogens is 378 g/mol. The molecule has 0 saturated carbocycles. The summed E-state index contributed by atoms with van der Waals surface area (Å²) in [6.07, 6.45) is 14.7. The Morgan fingerprint density at radius 3 is 1.19 bits per heavy atom. The molecule has 0 aliphatic heterocycles. The van der Waals surface area contributed by atoms with E-state index in [2.05, 4.69) is 65.2 Å². The summed E-state index contributed by atoms with van der Waals surface area (Å²) < 4.78 is 0. The average molecular weight is 403 g/mol. The van der Waals surface area contributed by atoms with Crippen molar-refractivity contribution in [2.24, 2.45) is 11.8 Å². The van der Waals surface area contributed by atoms with Crippen LogP contribution in [0.3, 0.4) is 0 Å². The van der Waals surface area contributed by atoms with E-state index in [0.29, 0.717) is 11.8 Å². The van der Waals surface area contributed by atoms with E-state index in [0.717, 1.165) is 0 Å². The van der Waals surface area contributed by atoms with Crippen LogP contribution in [0.4, 0.5) is 0 Å². The molecule has 2 rings (SSSR count).